The zero-order chi connectivity index (χ0) is 27.8. The smallest absolute Gasteiger partial charge is 0.303 e. The maximum atomic E-state index is 12.9. The van der Waals surface area contributed by atoms with E-state index >= 15 is 0 Å². The highest BCUT2D eigenvalue weighted by molar-refractivity contribution is 5.88. The molecular weight excluding hydrogens is 482 g/mol. The summed E-state index contributed by atoms with van der Waals surface area (Å²) in [6.45, 7) is 1.66. The minimum atomic E-state index is -1.34. The standard InChI is InChI=1S/C25H39N5O7/c1-16(31)28-19(11-12-23(34)35)25(37)30-20(14-17-8-4-3-5-9-17)21(32)15-22(33)29-18(24(36)27-2)10-6-7-13-26/h3-5,8-9,18-21,32H,6-7,10-15,26H2,1-2H3,(H,27,36)(H,28,31)(H,29,33)(H,30,37)(H,34,35)/t18-,19-,20-,21-/m0/s1. The first-order chi connectivity index (χ1) is 17.6. The van der Waals surface area contributed by atoms with Crippen LogP contribution >= 0.6 is 0 Å². The van der Waals surface area contributed by atoms with Crippen LogP contribution in [0.15, 0.2) is 30.3 Å². The van der Waals surface area contributed by atoms with Crippen molar-refractivity contribution in [1.29, 1.82) is 0 Å². The number of rotatable bonds is 17. The van der Waals surface area contributed by atoms with E-state index in [4.69, 9.17) is 10.8 Å². The van der Waals surface area contributed by atoms with Gasteiger partial charge in [0.2, 0.25) is 23.6 Å². The van der Waals surface area contributed by atoms with Gasteiger partial charge in [0.15, 0.2) is 0 Å². The van der Waals surface area contributed by atoms with Gasteiger partial charge in [-0.1, -0.05) is 30.3 Å². The number of carboxylic acid groups (broad SMARTS) is 1. The number of hydrogen-bond donors (Lipinski definition) is 7. The third kappa shape index (κ3) is 12.8. The van der Waals surface area contributed by atoms with Gasteiger partial charge in [0.05, 0.1) is 18.6 Å². The Morgan fingerprint density at radius 3 is 2.14 bits per heavy atom. The number of carbonyl (C=O) groups excluding carboxylic acids is 4. The van der Waals surface area contributed by atoms with E-state index in [1.165, 1.54) is 14.0 Å². The SMILES string of the molecule is CNC(=O)[C@H](CCCCN)NC(=O)C[C@H](O)[C@H](Cc1ccccc1)NC(=O)[C@H](CCC(=O)O)NC(C)=O. The summed E-state index contributed by atoms with van der Waals surface area (Å²) in [6.07, 6.45) is -0.367. The molecule has 206 valence electrons. The van der Waals surface area contributed by atoms with Crippen LogP contribution < -0.4 is 27.0 Å². The van der Waals surface area contributed by atoms with Crippen LogP contribution in [0.1, 0.15) is 51.0 Å². The second-order valence-corrected chi connectivity index (χ2v) is 8.78. The molecular formula is C25H39N5O7. The zero-order valence-corrected chi connectivity index (χ0v) is 21.4. The van der Waals surface area contributed by atoms with Gasteiger partial charge in [-0.25, -0.2) is 0 Å². The molecule has 0 saturated carbocycles. The molecule has 0 fully saturated rings. The zero-order valence-electron chi connectivity index (χ0n) is 21.4. The molecule has 0 bridgehead atoms. The van der Waals surface area contributed by atoms with Gasteiger partial charge in [0, 0.05) is 20.4 Å². The number of aliphatic hydroxyl groups excluding tert-OH is 1. The summed E-state index contributed by atoms with van der Waals surface area (Å²) in [4.78, 5) is 60.4. The van der Waals surface area contributed by atoms with Crippen LogP contribution in [0.3, 0.4) is 0 Å². The van der Waals surface area contributed by atoms with Gasteiger partial charge in [0.1, 0.15) is 12.1 Å². The first kappa shape index (κ1) is 31.5. The number of carboxylic acids is 1. The molecule has 8 N–H and O–H groups in total. The Labute approximate surface area is 216 Å². The molecule has 4 amide bonds. The molecule has 0 saturated heterocycles. The molecule has 0 aliphatic carbocycles. The van der Waals surface area contributed by atoms with Crippen molar-refractivity contribution >= 4 is 29.6 Å². The van der Waals surface area contributed by atoms with E-state index < -0.39 is 54.3 Å². The van der Waals surface area contributed by atoms with E-state index in [1.54, 1.807) is 24.3 Å². The van der Waals surface area contributed by atoms with Gasteiger partial charge in [-0.2, -0.15) is 0 Å². The van der Waals surface area contributed by atoms with Crippen molar-refractivity contribution in [2.75, 3.05) is 13.6 Å². The lowest BCUT2D eigenvalue weighted by Crippen LogP contribution is -2.54. The summed E-state index contributed by atoms with van der Waals surface area (Å²) < 4.78 is 0. The van der Waals surface area contributed by atoms with Gasteiger partial charge in [0.25, 0.3) is 0 Å². The summed E-state index contributed by atoms with van der Waals surface area (Å²) in [5.74, 6) is -3.27. The third-order valence-electron chi connectivity index (χ3n) is 5.67. The number of aliphatic hydroxyl groups is 1. The van der Waals surface area contributed by atoms with Crippen molar-refractivity contribution in [2.24, 2.45) is 5.73 Å². The minimum Gasteiger partial charge on any atom is -0.481 e. The number of nitrogens with one attached hydrogen (secondary N) is 4. The Balaban J connectivity index is 2.99. The number of amides is 4. The highest BCUT2D eigenvalue weighted by atomic mass is 16.4. The fraction of sp³-hybridized carbons (Fsp3) is 0.560. The molecule has 0 aliphatic rings. The molecule has 0 unspecified atom stereocenters. The number of likely N-dealkylation sites (N-methyl/N-ethyl adjacent to an activating group) is 1. The molecule has 0 radical (unpaired) electrons. The Morgan fingerprint density at radius 2 is 1.57 bits per heavy atom. The van der Waals surface area contributed by atoms with Gasteiger partial charge < -0.3 is 37.2 Å². The largest absolute Gasteiger partial charge is 0.481 e. The number of benzene rings is 1. The Bertz CT molecular complexity index is 897. The van der Waals surface area contributed by atoms with Crippen LogP contribution in [0.25, 0.3) is 0 Å². The average molecular weight is 522 g/mol. The van der Waals surface area contributed by atoms with E-state index in [2.05, 4.69) is 21.3 Å². The molecule has 0 aromatic heterocycles. The average Bonchev–Trinajstić information content (AvgIpc) is 2.85. The number of nitrogens with two attached hydrogens (primary N) is 1. The van der Waals surface area contributed by atoms with Gasteiger partial charge >= 0.3 is 5.97 Å². The molecule has 0 spiro atoms. The Hall–Kier alpha value is -3.51. The fourth-order valence-corrected chi connectivity index (χ4v) is 3.74. The molecule has 37 heavy (non-hydrogen) atoms. The highest BCUT2D eigenvalue weighted by Gasteiger charge is 2.29. The van der Waals surface area contributed by atoms with E-state index in [-0.39, 0.29) is 25.2 Å². The quantitative estimate of drug-likeness (QED) is 0.129. The lowest BCUT2D eigenvalue weighted by molar-refractivity contribution is -0.138. The predicted octanol–water partition coefficient (Wildman–Crippen LogP) is -0.806. The van der Waals surface area contributed by atoms with Gasteiger partial charge in [-0.05, 0) is 44.2 Å². The number of carbonyl (C=O) groups is 5. The molecule has 12 nitrogen and oxygen atoms in total. The fourth-order valence-electron chi connectivity index (χ4n) is 3.74. The van der Waals surface area contributed by atoms with Crippen LogP contribution in [0, 0.1) is 0 Å². The molecule has 12 heteroatoms. The lowest BCUT2D eigenvalue weighted by atomic mass is 9.97. The summed E-state index contributed by atoms with van der Waals surface area (Å²) in [5.41, 5.74) is 6.28. The minimum absolute atomic E-state index is 0.147. The Morgan fingerprint density at radius 1 is 0.919 bits per heavy atom. The number of aliphatic carboxylic acids is 1. The predicted molar refractivity (Wildman–Crippen MR) is 136 cm³/mol. The van der Waals surface area contributed by atoms with Gasteiger partial charge in [-0.15, -0.1) is 0 Å². The second-order valence-electron chi connectivity index (χ2n) is 8.78. The van der Waals surface area contributed by atoms with Crippen molar-refractivity contribution in [3.05, 3.63) is 35.9 Å². The molecule has 1 aromatic rings. The number of hydrogen-bond acceptors (Lipinski definition) is 7. The van der Waals surface area contributed by atoms with Crippen LogP contribution in [0.4, 0.5) is 0 Å². The first-order valence-corrected chi connectivity index (χ1v) is 12.3. The normalized spacial score (nSPS) is 13.9. The molecule has 0 aliphatic heterocycles. The van der Waals surface area contributed by atoms with Gasteiger partial charge in [-0.3, -0.25) is 24.0 Å². The Kier molecular flexibility index (Phi) is 14.5. The summed E-state index contributed by atoms with van der Waals surface area (Å²) in [6, 6.07) is 6.11. The maximum Gasteiger partial charge on any atom is 0.303 e. The van der Waals surface area contributed by atoms with Crippen LogP contribution in [0.5, 0.6) is 0 Å². The van der Waals surface area contributed by atoms with E-state index in [0.29, 0.717) is 25.8 Å². The molecule has 1 rings (SSSR count). The van der Waals surface area contributed by atoms with Crippen molar-refractivity contribution < 1.29 is 34.2 Å². The van der Waals surface area contributed by atoms with Crippen molar-refractivity contribution in [1.82, 2.24) is 21.3 Å². The monoisotopic (exact) mass is 521 g/mol. The van der Waals surface area contributed by atoms with E-state index in [1.807, 2.05) is 6.07 Å². The topological polar surface area (TPSA) is 200 Å². The number of unbranched alkanes of at least 4 members (excludes halogenated alkanes) is 1. The van der Waals surface area contributed by atoms with E-state index in [9.17, 15) is 29.1 Å². The first-order valence-electron chi connectivity index (χ1n) is 12.3. The summed E-state index contributed by atoms with van der Waals surface area (Å²) in [5, 5.41) is 30.1. The van der Waals surface area contributed by atoms with Crippen molar-refractivity contribution in [2.45, 2.75) is 76.1 Å². The maximum absolute atomic E-state index is 12.9. The second kappa shape index (κ2) is 17.0. The van der Waals surface area contributed by atoms with Crippen molar-refractivity contribution in [3.8, 4) is 0 Å². The van der Waals surface area contributed by atoms with Crippen LogP contribution in [-0.2, 0) is 30.4 Å². The molecule has 0 heterocycles. The van der Waals surface area contributed by atoms with E-state index in [0.717, 1.165) is 5.56 Å². The van der Waals surface area contributed by atoms with Crippen molar-refractivity contribution in [3.63, 3.8) is 0 Å². The molecule has 4 atom stereocenters. The van der Waals surface area contributed by atoms with Crippen LogP contribution in [0.2, 0.25) is 0 Å². The highest BCUT2D eigenvalue weighted by Crippen LogP contribution is 2.11. The van der Waals surface area contributed by atoms with Crippen LogP contribution in [-0.4, -0.2) is 77.6 Å². The molecule has 1 aromatic carbocycles. The third-order valence-corrected chi connectivity index (χ3v) is 5.67. The summed E-state index contributed by atoms with van der Waals surface area (Å²) >= 11 is 0. The summed E-state index contributed by atoms with van der Waals surface area (Å²) in [7, 11) is 1.46. The lowest BCUT2D eigenvalue weighted by Gasteiger charge is -2.27.